The van der Waals surface area contributed by atoms with Gasteiger partial charge in [-0.15, -0.1) is 0 Å². The number of nitrogens with one attached hydrogen (secondary N) is 1. The molecule has 1 fully saturated rings. The average molecular weight is 316 g/mol. The number of ether oxygens (including phenoxy) is 2. The lowest BCUT2D eigenvalue weighted by molar-refractivity contribution is -0.162. The Morgan fingerprint density at radius 1 is 1.45 bits per heavy atom. The molecule has 1 aromatic rings. The van der Waals surface area contributed by atoms with E-state index in [2.05, 4.69) is 4.98 Å². The number of rotatable bonds is 6. The van der Waals surface area contributed by atoms with Crippen LogP contribution >= 0.6 is 0 Å². The van der Waals surface area contributed by atoms with Crippen LogP contribution in [0, 0.1) is 0 Å². The van der Waals surface area contributed by atoms with Crippen molar-refractivity contribution in [1.29, 1.82) is 0 Å². The monoisotopic (exact) mass is 316 g/mol. The van der Waals surface area contributed by atoms with E-state index in [-0.39, 0.29) is 13.0 Å². The molecule has 1 aliphatic heterocycles. The molecular weight excluding hydrogens is 296 g/mol. The minimum Gasteiger partial charge on any atom is -0.394 e. The van der Waals surface area contributed by atoms with E-state index in [9.17, 15) is 24.9 Å². The number of aromatic nitrogens is 2. The Kier molecular flexibility index (Phi) is 5.14. The Bertz CT molecular complexity index is 613. The summed E-state index contributed by atoms with van der Waals surface area (Å²) in [5.41, 5.74) is -3.00. The van der Waals surface area contributed by atoms with E-state index in [1.54, 1.807) is 6.92 Å². The van der Waals surface area contributed by atoms with Crippen molar-refractivity contribution in [2.24, 2.45) is 0 Å². The summed E-state index contributed by atoms with van der Waals surface area (Å²) in [5.74, 6) is 0. The van der Waals surface area contributed by atoms with Gasteiger partial charge in [-0.05, 0) is 6.92 Å². The summed E-state index contributed by atoms with van der Waals surface area (Å²) in [4.78, 5) is 25.3. The smallest absolute Gasteiger partial charge is 0.330 e. The maximum absolute atomic E-state index is 12.0. The molecule has 0 amide bonds. The third-order valence-corrected chi connectivity index (χ3v) is 3.74. The molecule has 4 atom stereocenters. The van der Waals surface area contributed by atoms with Crippen molar-refractivity contribution in [3.8, 4) is 0 Å². The second-order valence-corrected chi connectivity index (χ2v) is 5.05. The molecule has 0 unspecified atom stereocenters. The third kappa shape index (κ3) is 2.85. The molecule has 0 aromatic carbocycles. The van der Waals surface area contributed by atoms with Crippen LogP contribution in [0.5, 0.6) is 0 Å². The minimum absolute atomic E-state index is 0.0571. The molecule has 2 rings (SSSR count). The summed E-state index contributed by atoms with van der Waals surface area (Å²) in [5, 5.41) is 29.6. The van der Waals surface area contributed by atoms with Gasteiger partial charge in [0.2, 0.25) is 0 Å². The largest absolute Gasteiger partial charge is 0.394 e. The molecule has 1 aromatic heterocycles. The molecule has 9 nitrogen and oxygen atoms in total. The van der Waals surface area contributed by atoms with Crippen LogP contribution in [-0.4, -0.2) is 63.0 Å². The van der Waals surface area contributed by atoms with Crippen molar-refractivity contribution in [2.75, 3.05) is 19.8 Å². The van der Waals surface area contributed by atoms with Crippen LogP contribution < -0.4 is 11.2 Å². The highest BCUT2D eigenvalue weighted by molar-refractivity contribution is 5.01. The Morgan fingerprint density at radius 3 is 2.73 bits per heavy atom. The van der Waals surface area contributed by atoms with Crippen molar-refractivity contribution in [1.82, 2.24) is 9.55 Å². The topological polar surface area (TPSA) is 134 Å². The van der Waals surface area contributed by atoms with E-state index in [1.165, 1.54) is 6.20 Å². The minimum atomic E-state index is -1.62. The van der Waals surface area contributed by atoms with Crippen molar-refractivity contribution < 1.29 is 24.8 Å². The fourth-order valence-electron chi connectivity index (χ4n) is 2.62. The predicted molar refractivity (Wildman–Crippen MR) is 74.4 cm³/mol. The van der Waals surface area contributed by atoms with Crippen LogP contribution in [0.15, 0.2) is 21.9 Å². The summed E-state index contributed by atoms with van der Waals surface area (Å²) in [6.07, 6.45) is -2.64. The lowest BCUT2D eigenvalue weighted by Crippen LogP contribution is -2.52. The van der Waals surface area contributed by atoms with Gasteiger partial charge in [-0.3, -0.25) is 14.3 Å². The molecule has 0 spiro atoms. The summed E-state index contributed by atoms with van der Waals surface area (Å²) in [6.45, 7) is 1.85. The van der Waals surface area contributed by atoms with Gasteiger partial charge < -0.3 is 24.8 Å². The molecule has 2 heterocycles. The fourth-order valence-corrected chi connectivity index (χ4v) is 2.62. The van der Waals surface area contributed by atoms with E-state index in [0.29, 0.717) is 6.61 Å². The van der Waals surface area contributed by atoms with Gasteiger partial charge in [0.25, 0.3) is 5.56 Å². The number of aliphatic hydroxyl groups excluding tert-OH is 3. The van der Waals surface area contributed by atoms with E-state index in [4.69, 9.17) is 9.47 Å². The van der Waals surface area contributed by atoms with E-state index in [0.717, 1.165) is 10.6 Å². The number of nitrogens with zero attached hydrogens (tertiary/aromatic N) is 1. The molecule has 0 aliphatic carbocycles. The van der Waals surface area contributed by atoms with Gasteiger partial charge in [0.15, 0.2) is 5.72 Å². The van der Waals surface area contributed by atoms with E-state index in [1.807, 2.05) is 0 Å². The summed E-state index contributed by atoms with van der Waals surface area (Å²) in [7, 11) is 0. The van der Waals surface area contributed by atoms with Crippen LogP contribution in [0.4, 0.5) is 0 Å². The first-order valence-corrected chi connectivity index (χ1v) is 7.01. The van der Waals surface area contributed by atoms with Crippen LogP contribution in [0.3, 0.4) is 0 Å². The first-order valence-electron chi connectivity index (χ1n) is 7.01. The van der Waals surface area contributed by atoms with Gasteiger partial charge in [-0.2, -0.15) is 0 Å². The van der Waals surface area contributed by atoms with Crippen molar-refractivity contribution >= 4 is 0 Å². The van der Waals surface area contributed by atoms with Crippen LogP contribution in [0.25, 0.3) is 0 Å². The number of aromatic amines is 1. The standard InChI is InChI=1S/C13H20N2O7/c1-2-21-6-4-13(11(19)10(18)8(7-16)22-13)15-5-3-9(17)14-12(15)20/h3,5,8,10-11,16,18-19H,2,4,6-7H2,1H3,(H,14,17,20)/t8-,10-,11-,13-/m1/s1. The SMILES string of the molecule is CCOCC[C@@]1(n2ccc(=O)[nH]c2=O)O[C@H](CO)[C@@H](O)[C@H]1O. The molecule has 0 radical (unpaired) electrons. The van der Waals surface area contributed by atoms with Gasteiger partial charge in [0.05, 0.1) is 13.2 Å². The van der Waals surface area contributed by atoms with Crippen LogP contribution in [-0.2, 0) is 15.2 Å². The Balaban J connectivity index is 2.46. The van der Waals surface area contributed by atoms with Gasteiger partial charge in [0, 0.05) is 25.3 Å². The highest BCUT2D eigenvalue weighted by Crippen LogP contribution is 2.37. The van der Waals surface area contributed by atoms with Gasteiger partial charge in [-0.1, -0.05) is 0 Å². The highest BCUT2D eigenvalue weighted by Gasteiger charge is 2.55. The first kappa shape index (κ1) is 16.8. The summed E-state index contributed by atoms with van der Waals surface area (Å²) >= 11 is 0. The molecular formula is C13H20N2O7. The molecule has 0 saturated carbocycles. The molecule has 9 heteroatoms. The lowest BCUT2D eigenvalue weighted by atomic mass is 9.99. The number of aliphatic hydroxyl groups is 3. The van der Waals surface area contributed by atoms with E-state index < -0.39 is 41.9 Å². The number of H-pyrrole nitrogens is 1. The molecule has 0 bridgehead atoms. The van der Waals surface area contributed by atoms with Crippen molar-refractivity contribution in [3.63, 3.8) is 0 Å². The normalized spacial score (nSPS) is 31.5. The van der Waals surface area contributed by atoms with Crippen molar-refractivity contribution in [2.45, 2.75) is 37.4 Å². The second-order valence-electron chi connectivity index (χ2n) is 5.05. The van der Waals surface area contributed by atoms with Crippen LogP contribution in [0.1, 0.15) is 13.3 Å². The second kappa shape index (κ2) is 6.71. The zero-order valence-electron chi connectivity index (χ0n) is 12.1. The quantitative estimate of drug-likeness (QED) is 0.435. The first-order chi connectivity index (χ1) is 10.5. The molecule has 22 heavy (non-hydrogen) atoms. The number of hydrogen-bond donors (Lipinski definition) is 4. The molecule has 124 valence electrons. The van der Waals surface area contributed by atoms with E-state index >= 15 is 0 Å². The Hall–Kier alpha value is -1.52. The predicted octanol–water partition coefficient (Wildman–Crippen LogP) is -2.27. The summed E-state index contributed by atoms with van der Waals surface area (Å²) < 4.78 is 11.8. The van der Waals surface area contributed by atoms with Crippen molar-refractivity contribution in [3.05, 3.63) is 33.1 Å². The fraction of sp³-hybridized carbons (Fsp3) is 0.692. The third-order valence-electron chi connectivity index (χ3n) is 3.74. The molecule has 1 saturated heterocycles. The average Bonchev–Trinajstić information content (AvgIpc) is 2.73. The maximum atomic E-state index is 12.0. The number of hydrogen-bond acceptors (Lipinski definition) is 7. The summed E-state index contributed by atoms with van der Waals surface area (Å²) in [6, 6.07) is 1.11. The Morgan fingerprint density at radius 2 is 2.18 bits per heavy atom. The lowest BCUT2D eigenvalue weighted by Gasteiger charge is -2.33. The maximum Gasteiger partial charge on any atom is 0.330 e. The Labute approximate surface area is 125 Å². The van der Waals surface area contributed by atoms with Crippen LogP contribution in [0.2, 0.25) is 0 Å². The zero-order chi connectivity index (χ0) is 16.3. The van der Waals surface area contributed by atoms with Gasteiger partial charge >= 0.3 is 5.69 Å². The zero-order valence-corrected chi connectivity index (χ0v) is 12.1. The van der Waals surface area contributed by atoms with Gasteiger partial charge in [-0.25, -0.2) is 4.79 Å². The highest BCUT2D eigenvalue weighted by atomic mass is 16.6. The molecule has 1 aliphatic rings. The molecule has 4 N–H and O–H groups in total. The van der Waals surface area contributed by atoms with Gasteiger partial charge in [0.1, 0.15) is 18.3 Å².